The van der Waals surface area contributed by atoms with Crippen molar-refractivity contribution in [2.45, 2.75) is 44.9 Å². The second kappa shape index (κ2) is 6.52. The Bertz CT molecular complexity index is 649. The van der Waals surface area contributed by atoms with Crippen molar-refractivity contribution in [1.29, 1.82) is 0 Å². The van der Waals surface area contributed by atoms with Crippen molar-refractivity contribution in [1.82, 2.24) is 9.55 Å². The molecular weight excluding hydrogens is 284 g/mol. The molecule has 2 aromatic rings. The van der Waals surface area contributed by atoms with Crippen molar-refractivity contribution in [3.05, 3.63) is 29.6 Å². The number of aromatic nitrogens is 2. The Morgan fingerprint density at radius 2 is 2.10 bits per heavy atom. The van der Waals surface area contributed by atoms with Crippen molar-refractivity contribution in [2.75, 3.05) is 6.26 Å². The predicted molar refractivity (Wildman–Crippen MR) is 88.4 cm³/mol. The van der Waals surface area contributed by atoms with Gasteiger partial charge in [-0.25, -0.2) is 9.78 Å². The van der Waals surface area contributed by atoms with E-state index >= 15 is 0 Å². The number of rotatable bonds is 6. The highest BCUT2D eigenvalue weighted by molar-refractivity contribution is 7.99. The predicted octanol–water partition coefficient (Wildman–Crippen LogP) is 4.00. The molecule has 114 valence electrons. The Morgan fingerprint density at radius 1 is 1.38 bits per heavy atom. The maximum Gasteiger partial charge on any atom is 0.337 e. The van der Waals surface area contributed by atoms with Crippen LogP contribution in [0.25, 0.3) is 11.0 Å². The molecule has 4 nitrogen and oxygen atoms in total. The van der Waals surface area contributed by atoms with Gasteiger partial charge in [-0.2, -0.15) is 11.8 Å². The van der Waals surface area contributed by atoms with E-state index in [9.17, 15) is 9.90 Å². The van der Waals surface area contributed by atoms with Gasteiger partial charge < -0.3 is 9.67 Å². The highest BCUT2D eigenvalue weighted by Crippen LogP contribution is 2.26. The van der Waals surface area contributed by atoms with Gasteiger partial charge >= 0.3 is 5.97 Å². The lowest BCUT2D eigenvalue weighted by molar-refractivity contribution is 0.0699. The lowest BCUT2D eigenvalue weighted by atomic mass is 10.2. The SMILES string of the molecule is CSC(C)CCn1c(C(C)C)nc2c(C(=O)O)cccc21. The highest BCUT2D eigenvalue weighted by atomic mass is 32.2. The molecule has 0 aliphatic heterocycles. The van der Waals surface area contributed by atoms with E-state index in [-0.39, 0.29) is 11.5 Å². The van der Waals surface area contributed by atoms with Gasteiger partial charge in [-0.15, -0.1) is 0 Å². The number of imidazole rings is 1. The van der Waals surface area contributed by atoms with Crippen LogP contribution in [0.4, 0.5) is 0 Å². The maximum absolute atomic E-state index is 11.4. The van der Waals surface area contributed by atoms with E-state index in [0.717, 1.165) is 24.3 Å². The Hall–Kier alpha value is -1.49. The number of carboxylic acids is 1. The average Bonchev–Trinajstić information content (AvgIpc) is 2.83. The van der Waals surface area contributed by atoms with Crippen LogP contribution >= 0.6 is 11.8 Å². The van der Waals surface area contributed by atoms with Crippen molar-refractivity contribution in [3.63, 3.8) is 0 Å². The Kier molecular flexibility index (Phi) is 4.93. The zero-order chi connectivity index (χ0) is 15.6. The molecule has 2 rings (SSSR count). The summed E-state index contributed by atoms with van der Waals surface area (Å²) < 4.78 is 2.18. The van der Waals surface area contributed by atoms with Crippen LogP contribution in [0.2, 0.25) is 0 Å². The summed E-state index contributed by atoms with van der Waals surface area (Å²) in [6, 6.07) is 5.38. The van der Waals surface area contributed by atoms with Crippen LogP contribution < -0.4 is 0 Å². The second-order valence-electron chi connectivity index (χ2n) is 5.59. The number of nitrogens with zero attached hydrogens (tertiary/aromatic N) is 2. The third-order valence-electron chi connectivity index (χ3n) is 3.72. The van der Waals surface area contributed by atoms with Crippen molar-refractivity contribution in [3.8, 4) is 0 Å². The summed E-state index contributed by atoms with van der Waals surface area (Å²) in [5.74, 6) is 0.314. The standard InChI is InChI=1S/C16H22N2O2S/c1-10(2)15-17-14-12(16(19)20)6-5-7-13(14)18(15)9-8-11(3)21-4/h5-7,10-11H,8-9H2,1-4H3,(H,19,20). The van der Waals surface area contributed by atoms with Crippen LogP contribution in [0.3, 0.4) is 0 Å². The Balaban J connectivity index is 2.53. The van der Waals surface area contributed by atoms with Gasteiger partial charge in [0.1, 0.15) is 11.3 Å². The van der Waals surface area contributed by atoms with E-state index in [0.29, 0.717) is 10.8 Å². The summed E-state index contributed by atoms with van der Waals surface area (Å²) in [5.41, 5.74) is 1.81. The summed E-state index contributed by atoms with van der Waals surface area (Å²) in [7, 11) is 0. The van der Waals surface area contributed by atoms with E-state index < -0.39 is 5.97 Å². The summed E-state index contributed by atoms with van der Waals surface area (Å²) >= 11 is 1.85. The van der Waals surface area contributed by atoms with E-state index in [2.05, 4.69) is 36.6 Å². The minimum Gasteiger partial charge on any atom is -0.478 e. The maximum atomic E-state index is 11.4. The molecule has 1 aromatic heterocycles. The molecule has 0 radical (unpaired) electrons. The smallest absolute Gasteiger partial charge is 0.337 e. The lowest BCUT2D eigenvalue weighted by Crippen LogP contribution is -2.09. The van der Waals surface area contributed by atoms with Crippen LogP contribution in [0.1, 0.15) is 49.3 Å². The third-order valence-corrected chi connectivity index (χ3v) is 4.76. The first-order valence-corrected chi connectivity index (χ1v) is 8.49. The topological polar surface area (TPSA) is 55.1 Å². The quantitative estimate of drug-likeness (QED) is 0.876. The molecule has 21 heavy (non-hydrogen) atoms. The minimum atomic E-state index is -0.918. The van der Waals surface area contributed by atoms with Gasteiger partial charge in [-0.3, -0.25) is 0 Å². The number of carboxylic acid groups (broad SMARTS) is 1. The fraction of sp³-hybridized carbons (Fsp3) is 0.500. The van der Waals surface area contributed by atoms with Gasteiger partial charge in [0.25, 0.3) is 0 Å². The number of aromatic carboxylic acids is 1. The van der Waals surface area contributed by atoms with Crippen LogP contribution in [0, 0.1) is 0 Å². The number of para-hydroxylation sites is 1. The average molecular weight is 306 g/mol. The molecule has 1 atom stereocenters. The molecule has 0 amide bonds. The number of aryl methyl sites for hydroxylation is 1. The van der Waals surface area contributed by atoms with E-state index in [1.165, 1.54) is 0 Å². The molecule has 5 heteroatoms. The minimum absolute atomic E-state index is 0.267. The number of thioether (sulfide) groups is 1. The zero-order valence-electron chi connectivity index (χ0n) is 13.0. The van der Waals surface area contributed by atoms with Gasteiger partial charge in [0.15, 0.2) is 0 Å². The third kappa shape index (κ3) is 3.23. The highest BCUT2D eigenvalue weighted by Gasteiger charge is 2.18. The number of carbonyl (C=O) groups is 1. The van der Waals surface area contributed by atoms with Crippen LogP contribution in [-0.2, 0) is 6.54 Å². The van der Waals surface area contributed by atoms with Crippen molar-refractivity contribution < 1.29 is 9.90 Å². The number of benzene rings is 1. The molecule has 1 aromatic carbocycles. The number of hydrogen-bond donors (Lipinski definition) is 1. The molecule has 0 spiro atoms. The zero-order valence-corrected chi connectivity index (χ0v) is 13.8. The molecule has 1 unspecified atom stereocenters. The first kappa shape index (κ1) is 15.9. The van der Waals surface area contributed by atoms with Crippen LogP contribution in [0.5, 0.6) is 0 Å². The first-order valence-electron chi connectivity index (χ1n) is 7.21. The van der Waals surface area contributed by atoms with Crippen LogP contribution in [0.15, 0.2) is 18.2 Å². The van der Waals surface area contributed by atoms with Gasteiger partial charge in [0, 0.05) is 17.7 Å². The number of fused-ring (bicyclic) bond motifs is 1. The molecule has 0 aliphatic rings. The van der Waals surface area contributed by atoms with Gasteiger partial charge in [-0.05, 0) is 24.8 Å². The molecule has 0 saturated carbocycles. The molecule has 1 N–H and O–H groups in total. The van der Waals surface area contributed by atoms with Gasteiger partial charge in [0.2, 0.25) is 0 Å². The van der Waals surface area contributed by atoms with E-state index in [4.69, 9.17) is 0 Å². The summed E-state index contributed by atoms with van der Waals surface area (Å²) in [4.78, 5) is 16.0. The number of hydrogen-bond acceptors (Lipinski definition) is 3. The van der Waals surface area contributed by atoms with Crippen LogP contribution in [-0.4, -0.2) is 32.1 Å². The van der Waals surface area contributed by atoms with Crippen molar-refractivity contribution in [2.24, 2.45) is 0 Å². The van der Waals surface area contributed by atoms with Gasteiger partial charge in [0.05, 0.1) is 11.1 Å². The first-order chi connectivity index (χ1) is 9.95. The lowest BCUT2D eigenvalue weighted by Gasteiger charge is -2.14. The molecule has 0 fully saturated rings. The summed E-state index contributed by atoms with van der Waals surface area (Å²) in [5, 5.41) is 9.90. The Labute approximate surface area is 129 Å². The van der Waals surface area contributed by atoms with Crippen molar-refractivity contribution >= 4 is 28.8 Å². The molecule has 0 aliphatic carbocycles. The molecular formula is C16H22N2O2S. The summed E-state index contributed by atoms with van der Waals surface area (Å²) in [6.07, 6.45) is 3.16. The second-order valence-corrected chi connectivity index (χ2v) is 6.87. The molecule has 1 heterocycles. The summed E-state index contributed by atoms with van der Waals surface area (Å²) in [6.45, 7) is 7.27. The molecule has 0 saturated heterocycles. The largest absolute Gasteiger partial charge is 0.478 e. The van der Waals surface area contributed by atoms with E-state index in [1.807, 2.05) is 17.8 Å². The molecule has 0 bridgehead atoms. The Morgan fingerprint density at radius 3 is 2.67 bits per heavy atom. The monoisotopic (exact) mass is 306 g/mol. The van der Waals surface area contributed by atoms with Gasteiger partial charge in [-0.1, -0.05) is 26.8 Å². The fourth-order valence-electron chi connectivity index (χ4n) is 2.44. The fourth-order valence-corrected chi connectivity index (χ4v) is 2.78. The normalized spacial score (nSPS) is 13.0. The van der Waals surface area contributed by atoms with E-state index in [1.54, 1.807) is 12.1 Å².